The SMILES string of the molecule is C=CC1=C(C)C(=O)c2cc(Br)ccc21. The van der Waals surface area contributed by atoms with E-state index in [1.807, 2.05) is 25.1 Å². The summed E-state index contributed by atoms with van der Waals surface area (Å²) in [5.74, 6) is 0.108. The van der Waals surface area contributed by atoms with Gasteiger partial charge in [-0.2, -0.15) is 0 Å². The van der Waals surface area contributed by atoms with E-state index in [2.05, 4.69) is 22.5 Å². The summed E-state index contributed by atoms with van der Waals surface area (Å²) in [6, 6.07) is 5.75. The third-order valence-electron chi connectivity index (χ3n) is 2.47. The van der Waals surface area contributed by atoms with Crippen molar-refractivity contribution < 1.29 is 4.79 Å². The van der Waals surface area contributed by atoms with Crippen molar-refractivity contribution in [2.75, 3.05) is 0 Å². The van der Waals surface area contributed by atoms with E-state index in [4.69, 9.17) is 0 Å². The number of ketones is 1. The Bertz CT molecular complexity index is 469. The maximum absolute atomic E-state index is 11.8. The molecule has 0 bridgehead atoms. The molecule has 0 spiro atoms. The molecule has 0 saturated heterocycles. The van der Waals surface area contributed by atoms with Crippen LogP contribution < -0.4 is 0 Å². The molecular weight excluding hydrogens is 240 g/mol. The Morgan fingerprint density at radius 3 is 2.71 bits per heavy atom. The molecule has 1 aliphatic rings. The van der Waals surface area contributed by atoms with E-state index >= 15 is 0 Å². The fourth-order valence-corrected chi connectivity index (χ4v) is 2.09. The van der Waals surface area contributed by atoms with Gasteiger partial charge in [0.2, 0.25) is 0 Å². The molecule has 0 N–H and O–H groups in total. The zero-order chi connectivity index (χ0) is 10.3. The molecule has 0 heterocycles. The van der Waals surface area contributed by atoms with Gasteiger partial charge in [0, 0.05) is 15.6 Å². The standard InChI is InChI=1S/C12H9BrO/c1-3-9-7(2)12(14)11-6-8(13)4-5-10(9)11/h3-6H,1H2,2H3. The second kappa shape index (κ2) is 3.21. The normalized spacial score (nSPS) is 14.6. The lowest BCUT2D eigenvalue weighted by Gasteiger charge is -1.99. The van der Waals surface area contributed by atoms with Gasteiger partial charge in [-0.25, -0.2) is 0 Å². The Morgan fingerprint density at radius 2 is 2.07 bits per heavy atom. The number of fused-ring (bicyclic) bond motifs is 1. The molecule has 2 heteroatoms. The summed E-state index contributed by atoms with van der Waals surface area (Å²) in [5, 5.41) is 0. The zero-order valence-corrected chi connectivity index (χ0v) is 9.39. The number of hydrogen-bond acceptors (Lipinski definition) is 1. The van der Waals surface area contributed by atoms with Crippen LogP contribution in [0.1, 0.15) is 22.8 Å². The fraction of sp³-hybridized carbons (Fsp3) is 0.0833. The predicted octanol–water partition coefficient (Wildman–Crippen LogP) is 3.60. The van der Waals surface area contributed by atoms with E-state index in [-0.39, 0.29) is 5.78 Å². The quantitative estimate of drug-likeness (QED) is 0.743. The minimum absolute atomic E-state index is 0.108. The van der Waals surface area contributed by atoms with Crippen molar-refractivity contribution in [2.45, 2.75) is 6.92 Å². The van der Waals surface area contributed by atoms with Crippen LogP contribution in [0.15, 0.2) is 40.9 Å². The first-order chi connectivity index (χ1) is 6.65. The first kappa shape index (κ1) is 9.41. The van der Waals surface area contributed by atoms with Crippen LogP contribution in [0.4, 0.5) is 0 Å². The number of halogens is 1. The summed E-state index contributed by atoms with van der Waals surface area (Å²) in [4.78, 5) is 11.8. The molecule has 14 heavy (non-hydrogen) atoms. The molecule has 0 unspecified atom stereocenters. The van der Waals surface area contributed by atoms with Crippen LogP contribution in [-0.4, -0.2) is 5.78 Å². The minimum Gasteiger partial charge on any atom is -0.289 e. The number of carbonyl (C=O) groups excluding carboxylic acids is 1. The number of Topliss-reactive ketones (excluding diaryl/α,β-unsaturated/α-hetero) is 1. The van der Waals surface area contributed by atoms with Gasteiger partial charge in [-0.1, -0.05) is 34.7 Å². The van der Waals surface area contributed by atoms with Crippen molar-refractivity contribution >= 4 is 27.3 Å². The first-order valence-corrected chi connectivity index (χ1v) is 5.12. The highest BCUT2D eigenvalue weighted by molar-refractivity contribution is 9.10. The summed E-state index contributed by atoms with van der Waals surface area (Å²) >= 11 is 3.36. The Morgan fingerprint density at radius 1 is 1.36 bits per heavy atom. The Balaban J connectivity index is 2.72. The summed E-state index contributed by atoms with van der Waals surface area (Å²) in [6.45, 7) is 5.57. The van der Waals surface area contributed by atoms with Gasteiger partial charge in [-0.05, 0) is 30.2 Å². The molecule has 1 nitrogen and oxygen atoms in total. The van der Waals surface area contributed by atoms with Crippen molar-refractivity contribution in [1.29, 1.82) is 0 Å². The number of hydrogen-bond donors (Lipinski definition) is 0. The van der Waals surface area contributed by atoms with Gasteiger partial charge >= 0.3 is 0 Å². The smallest absolute Gasteiger partial charge is 0.190 e. The van der Waals surface area contributed by atoms with Gasteiger partial charge in [0.15, 0.2) is 5.78 Å². The summed E-state index contributed by atoms with van der Waals surface area (Å²) < 4.78 is 0.933. The molecule has 0 aliphatic heterocycles. The third kappa shape index (κ3) is 1.18. The van der Waals surface area contributed by atoms with Crippen molar-refractivity contribution in [1.82, 2.24) is 0 Å². The minimum atomic E-state index is 0.108. The molecule has 0 radical (unpaired) electrons. The van der Waals surface area contributed by atoms with Gasteiger partial charge in [-0.3, -0.25) is 4.79 Å². The number of benzene rings is 1. The molecule has 0 amide bonds. The average Bonchev–Trinajstić information content (AvgIpc) is 2.41. The van der Waals surface area contributed by atoms with Crippen molar-refractivity contribution in [3.05, 3.63) is 52.0 Å². The maximum atomic E-state index is 11.8. The lowest BCUT2D eigenvalue weighted by atomic mass is 10.1. The second-order valence-corrected chi connectivity index (χ2v) is 4.18. The number of allylic oxidation sites excluding steroid dienone is 3. The van der Waals surface area contributed by atoms with Gasteiger partial charge in [-0.15, -0.1) is 0 Å². The van der Waals surface area contributed by atoms with Crippen molar-refractivity contribution in [3.63, 3.8) is 0 Å². The van der Waals surface area contributed by atoms with E-state index in [1.165, 1.54) is 0 Å². The molecule has 0 aromatic heterocycles. The maximum Gasteiger partial charge on any atom is 0.190 e. The lowest BCUT2D eigenvalue weighted by Crippen LogP contribution is -1.95. The molecule has 1 aromatic rings. The first-order valence-electron chi connectivity index (χ1n) is 4.33. The number of rotatable bonds is 1. The van der Waals surface area contributed by atoms with E-state index in [0.29, 0.717) is 0 Å². The topological polar surface area (TPSA) is 17.1 Å². The van der Waals surface area contributed by atoms with Gasteiger partial charge in [0.05, 0.1) is 0 Å². The van der Waals surface area contributed by atoms with Gasteiger partial charge < -0.3 is 0 Å². The molecule has 1 aliphatic carbocycles. The third-order valence-corrected chi connectivity index (χ3v) is 2.96. The van der Waals surface area contributed by atoms with Crippen LogP contribution in [0.2, 0.25) is 0 Å². The Kier molecular flexibility index (Phi) is 2.16. The average molecular weight is 249 g/mol. The molecule has 70 valence electrons. The van der Waals surface area contributed by atoms with Crippen LogP contribution in [0.5, 0.6) is 0 Å². The summed E-state index contributed by atoms with van der Waals surface area (Å²) in [7, 11) is 0. The van der Waals surface area contributed by atoms with E-state index in [9.17, 15) is 4.79 Å². The molecule has 2 rings (SSSR count). The molecular formula is C12H9BrO. The Labute approximate surface area is 91.3 Å². The van der Waals surface area contributed by atoms with Crippen LogP contribution >= 0.6 is 15.9 Å². The zero-order valence-electron chi connectivity index (χ0n) is 7.80. The molecule has 0 atom stereocenters. The highest BCUT2D eigenvalue weighted by Crippen LogP contribution is 2.34. The highest BCUT2D eigenvalue weighted by atomic mass is 79.9. The number of carbonyl (C=O) groups is 1. The van der Waals surface area contributed by atoms with E-state index < -0.39 is 0 Å². The van der Waals surface area contributed by atoms with Crippen molar-refractivity contribution in [2.24, 2.45) is 0 Å². The van der Waals surface area contributed by atoms with E-state index in [0.717, 1.165) is 26.7 Å². The van der Waals surface area contributed by atoms with Gasteiger partial charge in [0.25, 0.3) is 0 Å². The predicted molar refractivity (Wildman–Crippen MR) is 61.3 cm³/mol. The molecule has 1 aromatic carbocycles. The largest absolute Gasteiger partial charge is 0.289 e. The van der Waals surface area contributed by atoms with Gasteiger partial charge in [0.1, 0.15) is 0 Å². The van der Waals surface area contributed by atoms with Crippen molar-refractivity contribution in [3.8, 4) is 0 Å². The monoisotopic (exact) mass is 248 g/mol. The summed E-state index contributed by atoms with van der Waals surface area (Å²) in [6.07, 6.45) is 1.74. The lowest BCUT2D eigenvalue weighted by molar-refractivity contribution is 0.103. The second-order valence-electron chi connectivity index (χ2n) is 3.26. The summed E-state index contributed by atoms with van der Waals surface area (Å²) in [5.41, 5.74) is 3.50. The Hall–Kier alpha value is -1.15. The molecule has 0 fully saturated rings. The van der Waals surface area contributed by atoms with Crippen LogP contribution in [0, 0.1) is 0 Å². The van der Waals surface area contributed by atoms with E-state index in [1.54, 1.807) is 6.08 Å². The highest BCUT2D eigenvalue weighted by Gasteiger charge is 2.24. The van der Waals surface area contributed by atoms with Crippen LogP contribution in [-0.2, 0) is 0 Å². The van der Waals surface area contributed by atoms with Crippen LogP contribution in [0.25, 0.3) is 5.57 Å². The van der Waals surface area contributed by atoms with Crippen LogP contribution in [0.3, 0.4) is 0 Å². The molecule has 0 saturated carbocycles. The fourth-order valence-electron chi connectivity index (χ4n) is 1.73.